The Kier molecular flexibility index (Phi) is 3.19. The zero-order valence-corrected chi connectivity index (χ0v) is 9.04. The van der Waals surface area contributed by atoms with E-state index in [1.54, 1.807) is 11.3 Å². The van der Waals surface area contributed by atoms with Gasteiger partial charge in [-0.1, -0.05) is 6.07 Å². The molecular weight excluding hydrogens is 208 g/mol. The summed E-state index contributed by atoms with van der Waals surface area (Å²) in [6, 6.07) is 7.44. The molecule has 0 fully saturated rings. The monoisotopic (exact) mass is 220 g/mol. The molecule has 0 bridgehead atoms. The maximum Gasteiger partial charge on any atom is 0.121 e. The van der Waals surface area contributed by atoms with Gasteiger partial charge in [0.25, 0.3) is 0 Å². The van der Waals surface area contributed by atoms with E-state index in [-0.39, 0.29) is 0 Å². The van der Waals surface area contributed by atoms with E-state index >= 15 is 0 Å². The van der Waals surface area contributed by atoms with Crippen molar-refractivity contribution in [1.82, 2.24) is 4.98 Å². The predicted octanol–water partition coefficient (Wildman–Crippen LogP) is 2.35. The number of nitrogens with two attached hydrogens (primary N) is 1. The number of nitrogens with zero attached hydrogens (tertiary/aromatic N) is 1. The van der Waals surface area contributed by atoms with E-state index in [9.17, 15) is 0 Å². The number of thiazole rings is 1. The lowest BCUT2D eigenvalue weighted by atomic mass is 10.3. The van der Waals surface area contributed by atoms with Gasteiger partial charge in [-0.25, -0.2) is 4.98 Å². The van der Waals surface area contributed by atoms with Crippen LogP contribution >= 0.6 is 11.3 Å². The quantitative estimate of drug-likeness (QED) is 0.804. The van der Waals surface area contributed by atoms with Crippen LogP contribution in [0.4, 0.5) is 5.69 Å². The molecule has 0 spiro atoms. The smallest absolute Gasteiger partial charge is 0.121 e. The van der Waals surface area contributed by atoms with Crippen molar-refractivity contribution in [3.05, 3.63) is 40.8 Å². The Morgan fingerprint density at radius 3 is 3.07 bits per heavy atom. The Balaban J connectivity index is 1.83. The van der Waals surface area contributed by atoms with Crippen LogP contribution in [-0.2, 0) is 6.42 Å². The number of nitrogen functional groups attached to an aromatic ring is 1. The Morgan fingerprint density at radius 2 is 2.33 bits per heavy atom. The third-order valence-electron chi connectivity index (χ3n) is 1.97. The van der Waals surface area contributed by atoms with E-state index in [1.807, 2.05) is 35.2 Å². The lowest BCUT2D eigenvalue weighted by Crippen LogP contribution is -2.01. The predicted molar refractivity (Wildman–Crippen MR) is 62.2 cm³/mol. The van der Waals surface area contributed by atoms with Crippen LogP contribution in [0.3, 0.4) is 0 Å². The minimum absolute atomic E-state index is 0.632. The fourth-order valence-electron chi connectivity index (χ4n) is 1.24. The van der Waals surface area contributed by atoms with Crippen molar-refractivity contribution in [2.45, 2.75) is 6.42 Å². The van der Waals surface area contributed by atoms with E-state index < -0.39 is 0 Å². The van der Waals surface area contributed by atoms with Crippen LogP contribution in [0.1, 0.15) is 5.69 Å². The van der Waals surface area contributed by atoms with Gasteiger partial charge < -0.3 is 10.5 Å². The highest BCUT2D eigenvalue weighted by Crippen LogP contribution is 2.14. The van der Waals surface area contributed by atoms with Gasteiger partial charge in [-0.2, -0.15) is 0 Å². The molecule has 15 heavy (non-hydrogen) atoms. The zero-order chi connectivity index (χ0) is 10.5. The molecule has 1 aromatic heterocycles. The van der Waals surface area contributed by atoms with Gasteiger partial charge in [-0.05, 0) is 12.1 Å². The molecule has 78 valence electrons. The molecule has 0 saturated carbocycles. The second-order valence-electron chi connectivity index (χ2n) is 3.15. The molecule has 1 aromatic carbocycles. The number of rotatable bonds is 4. The third kappa shape index (κ3) is 2.95. The van der Waals surface area contributed by atoms with Crippen LogP contribution in [0, 0.1) is 0 Å². The highest BCUT2D eigenvalue weighted by Gasteiger charge is 1.97. The van der Waals surface area contributed by atoms with Crippen LogP contribution in [0.5, 0.6) is 5.75 Å². The molecule has 0 atom stereocenters. The Hall–Kier alpha value is -1.55. The first-order valence-electron chi connectivity index (χ1n) is 4.70. The lowest BCUT2D eigenvalue weighted by molar-refractivity contribution is 0.321. The first kappa shape index (κ1) is 9.98. The number of anilines is 1. The van der Waals surface area contributed by atoms with Crippen LogP contribution in [0.25, 0.3) is 0 Å². The molecule has 2 rings (SSSR count). The fourth-order valence-corrected chi connectivity index (χ4v) is 1.83. The van der Waals surface area contributed by atoms with Gasteiger partial charge in [0.15, 0.2) is 0 Å². The lowest BCUT2D eigenvalue weighted by Gasteiger charge is -2.05. The standard InChI is InChI=1S/C11H12N2OS/c12-9-2-1-3-11(6-9)14-5-4-10-7-15-8-13-10/h1-3,6-8H,4-5,12H2. The van der Waals surface area contributed by atoms with Crippen molar-refractivity contribution in [2.24, 2.45) is 0 Å². The van der Waals surface area contributed by atoms with Gasteiger partial charge in [0.2, 0.25) is 0 Å². The minimum Gasteiger partial charge on any atom is -0.493 e. The molecule has 0 aliphatic heterocycles. The highest BCUT2D eigenvalue weighted by molar-refractivity contribution is 7.07. The third-order valence-corrected chi connectivity index (χ3v) is 2.60. The van der Waals surface area contributed by atoms with Crippen molar-refractivity contribution >= 4 is 17.0 Å². The summed E-state index contributed by atoms with van der Waals surface area (Å²) in [6.07, 6.45) is 0.832. The van der Waals surface area contributed by atoms with E-state index in [4.69, 9.17) is 10.5 Å². The second-order valence-corrected chi connectivity index (χ2v) is 3.87. The Labute approximate surface area is 92.5 Å². The number of hydrogen-bond acceptors (Lipinski definition) is 4. The summed E-state index contributed by atoms with van der Waals surface area (Å²) in [4.78, 5) is 4.18. The molecule has 0 amide bonds. The topological polar surface area (TPSA) is 48.1 Å². The summed E-state index contributed by atoms with van der Waals surface area (Å²) in [5, 5.41) is 2.03. The fraction of sp³-hybridized carbons (Fsp3) is 0.182. The highest BCUT2D eigenvalue weighted by atomic mass is 32.1. The van der Waals surface area contributed by atoms with Crippen LogP contribution in [0.2, 0.25) is 0 Å². The number of hydrogen-bond donors (Lipinski definition) is 1. The van der Waals surface area contributed by atoms with Gasteiger partial charge in [-0.3, -0.25) is 0 Å². The average molecular weight is 220 g/mol. The second kappa shape index (κ2) is 4.79. The molecular formula is C11H12N2OS. The molecule has 0 aliphatic carbocycles. The summed E-state index contributed by atoms with van der Waals surface area (Å²) in [6.45, 7) is 0.632. The largest absolute Gasteiger partial charge is 0.493 e. The molecule has 2 N–H and O–H groups in total. The van der Waals surface area contributed by atoms with Crippen molar-refractivity contribution in [3.63, 3.8) is 0 Å². The summed E-state index contributed by atoms with van der Waals surface area (Å²) in [5.41, 5.74) is 9.26. The molecule has 0 aliphatic rings. The van der Waals surface area contributed by atoms with Crippen LogP contribution in [0.15, 0.2) is 35.2 Å². The molecule has 1 heterocycles. The van der Waals surface area contributed by atoms with Crippen molar-refractivity contribution in [2.75, 3.05) is 12.3 Å². The zero-order valence-electron chi connectivity index (χ0n) is 8.22. The number of ether oxygens (including phenoxy) is 1. The van der Waals surface area contributed by atoms with Gasteiger partial charge in [0, 0.05) is 23.6 Å². The molecule has 3 nitrogen and oxygen atoms in total. The van der Waals surface area contributed by atoms with Gasteiger partial charge in [-0.15, -0.1) is 11.3 Å². The Morgan fingerprint density at radius 1 is 1.40 bits per heavy atom. The van der Waals surface area contributed by atoms with Gasteiger partial charge >= 0.3 is 0 Å². The summed E-state index contributed by atoms with van der Waals surface area (Å²) < 4.78 is 5.54. The minimum atomic E-state index is 0.632. The average Bonchev–Trinajstić information content (AvgIpc) is 2.71. The first-order valence-corrected chi connectivity index (χ1v) is 5.64. The molecule has 0 radical (unpaired) electrons. The number of benzene rings is 1. The molecule has 0 saturated heterocycles. The van der Waals surface area contributed by atoms with E-state index in [0.717, 1.165) is 23.6 Å². The van der Waals surface area contributed by atoms with E-state index in [1.165, 1.54) is 0 Å². The molecule has 4 heteroatoms. The van der Waals surface area contributed by atoms with Gasteiger partial charge in [0.05, 0.1) is 17.8 Å². The van der Waals surface area contributed by atoms with Gasteiger partial charge in [0.1, 0.15) is 5.75 Å². The SMILES string of the molecule is Nc1cccc(OCCc2cscn2)c1. The van der Waals surface area contributed by atoms with Crippen LogP contribution < -0.4 is 10.5 Å². The van der Waals surface area contributed by atoms with E-state index in [2.05, 4.69) is 4.98 Å². The normalized spacial score (nSPS) is 10.1. The summed E-state index contributed by atoms with van der Waals surface area (Å²) in [5.74, 6) is 0.810. The van der Waals surface area contributed by atoms with Crippen molar-refractivity contribution in [3.8, 4) is 5.75 Å². The van der Waals surface area contributed by atoms with Crippen LogP contribution in [-0.4, -0.2) is 11.6 Å². The Bertz CT molecular complexity index is 414. The first-order chi connectivity index (χ1) is 7.34. The summed E-state index contributed by atoms with van der Waals surface area (Å²) in [7, 11) is 0. The molecule has 2 aromatic rings. The van der Waals surface area contributed by atoms with Crippen molar-refractivity contribution in [1.29, 1.82) is 0 Å². The number of aromatic nitrogens is 1. The maximum absolute atomic E-state index is 5.63. The van der Waals surface area contributed by atoms with E-state index in [0.29, 0.717) is 6.61 Å². The maximum atomic E-state index is 5.63. The molecule has 0 unspecified atom stereocenters. The summed E-state index contributed by atoms with van der Waals surface area (Å²) >= 11 is 1.60. The van der Waals surface area contributed by atoms with Crippen molar-refractivity contribution < 1.29 is 4.74 Å².